The number of nitrogens with two attached hydrogens (primary N) is 1. The normalized spacial score (nSPS) is 12.4. The lowest BCUT2D eigenvalue weighted by atomic mass is 9.97. The summed E-state index contributed by atoms with van der Waals surface area (Å²) in [6.07, 6.45) is 0.794. The molecule has 260 valence electrons. The second kappa shape index (κ2) is 21.9. The highest BCUT2D eigenvalue weighted by Crippen LogP contribution is 2.24. The Bertz CT molecular complexity index is 777. The number of nitrogens with zero attached hydrogens (tertiary/aromatic N) is 1. The van der Waals surface area contributed by atoms with Gasteiger partial charge < -0.3 is 29.6 Å². The average molecular weight is 631 g/mol. The van der Waals surface area contributed by atoms with Crippen molar-refractivity contribution in [3.63, 3.8) is 0 Å². The highest BCUT2D eigenvalue weighted by Gasteiger charge is 2.41. The molecule has 0 aliphatic rings. The highest BCUT2D eigenvalue weighted by molar-refractivity contribution is 5.81. The fourth-order valence-electron chi connectivity index (χ4n) is 3.77. The fourth-order valence-corrected chi connectivity index (χ4v) is 3.77. The van der Waals surface area contributed by atoms with Crippen LogP contribution in [-0.2, 0) is 38.1 Å². The van der Waals surface area contributed by atoms with Gasteiger partial charge in [0, 0.05) is 49.6 Å². The van der Waals surface area contributed by atoms with E-state index >= 15 is 0 Å². The number of amides is 1. The van der Waals surface area contributed by atoms with Gasteiger partial charge in [0.15, 0.2) is 0 Å². The molecule has 2 N–H and O–H groups in total. The van der Waals surface area contributed by atoms with E-state index in [9.17, 15) is 19.2 Å². The molecule has 0 spiro atoms. The number of hydrogen-bond acceptors (Lipinski definition) is 9. The molecule has 0 saturated carbocycles. The van der Waals surface area contributed by atoms with Crippen LogP contribution < -0.4 is 5.73 Å². The van der Waals surface area contributed by atoms with E-state index in [1.165, 1.54) is 0 Å². The third-order valence-corrected chi connectivity index (χ3v) is 7.02. The molecule has 0 saturated heterocycles. The Morgan fingerprint density at radius 1 is 0.636 bits per heavy atom. The van der Waals surface area contributed by atoms with Gasteiger partial charge in [0.05, 0.1) is 58.3 Å². The summed E-state index contributed by atoms with van der Waals surface area (Å²) in [6.45, 7) is 23.3. The monoisotopic (exact) mass is 630 g/mol. The molecule has 0 aromatic rings. The Balaban J connectivity index is 0. The van der Waals surface area contributed by atoms with Gasteiger partial charge >= 0.3 is 0 Å². The first-order valence-corrected chi connectivity index (χ1v) is 16.2. The maximum absolute atomic E-state index is 13.7. The number of carbonyl (C=O) groups is 4. The molecule has 0 rings (SSSR count). The van der Waals surface area contributed by atoms with Crippen LogP contribution in [0.2, 0.25) is 0 Å². The van der Waals surface area contributed by atoms with Crippen LogP contribution in [0.3, 0.4) is 0 Å². The van der Waals surface area contributed by atoms with E-state index in [1.807, 2.05) is 83.1 Å². The Hall–Kier alpha value is -1.72. The van der Waals surface area contributed by atoms with Crippen molar-refractivity contribution in [2.24, 2.45) is 23.5 Å². The number of ketones is 3. The van der Waals surface area contributed by atoms with Gasteiger partial charge in [-0.25, -0.2) is 0 Å². The van der Waals surface area contributed by atoms with Gasteiger partial charge in [-0.2, -0.15) is 0 Å². The predicted octanol–water partition coefficient (Wildman–Crippen LogP) is 5.03. The molecule has 0 aromatic heterocycles. The zero-order chi connectivity index (χ0) is 34.7. The molecule has 0 aromatic carbocycles. The van der Waals surface area contributed by atoms with E-state index < -0.39 is 16.7 Å². The summed E-state index contributed by atoms with van der Waals surface area (Å²) in [4.78, 5) is 51.8. The summed E-state index contributed by atoms with van der Waals surface area (Å²) in [6, 6.07) is 0. The van der Waals surface area contributed by atoms with Crippen molar-refractivity contribution < 1.29 is 38.1 Å². The summed E-state index contributed by atoms with van der Waals surface area (Å²) in [7, 11) is 1.67. The van der Waals surface area contributed by atoms with Crippen LogP contribution in [0.4, 0.5) is 0 Å². The molecule has 1 amide bonds. The minimum atomic E-state index is -1.08. The zero-order valence-corrected chi connectivity index (χ0v) is 30.3. The third kappa shape index (κ3) is 19.6. The van der Waals surface area contributed by atoms with Crippen LogP contribution in [0.5, 0.6) is 0 Å². The molecule has 0 heterocycles. The average Bonchev–Trinajstić information content (AvgIpc) is 2.93. The fraction of sp³-hybridized carbons (Fsp3) is 0.882. The summed E-state index contributed by atoms with van der Waals surface area (Å²) >= 11 is 0. The highest BCUT2D eigenvalue weighted by atomic mass is 16.5. The van der Waals surface area contributed by atoms with E-state index in [0.29, 0.717) is 0 Å². The third-order valence-electron chi connectivity index (χ3n) is 7.02. The van der Waals surface area contributed by atoms with Crippen molar-refractivity contribution in [3.05, 3.63) is 0 Å². The molecule has 44 heavy (non-hydrogen) atoms. The first kappa shape index (κ1) is 44.4. The molecule has 0 aliphatic carbocycles. The first-order chi connectivity index (χ1) is 20.2. The largest absolute Gasteiger partial charge is 0.378 e. The number of hydrogen-bond donors (Lipinski definition) is 1. The molecule has 10 nitrogen and oxygen atoms in total. The minimum Gasteiger partial charge on any atom is -0.378 e. The van der Waals surface area contributed by atoms with Crippen molar-refractivity contribution in [2.75, 3.05) is 53.3 Å². The molecule has 0 unspecified atom stereocenters. The maximum atomic E-state index is 13.7. The first-order valence-electron chi connectivity index (χ1n) is 16.2. The van der Waals surface area contributed by atoms with Gasteiger partial charge in [0.1, 0.15) is 22.9 Å². The van der Waals surface area contributed by atoms with E-state index in [2.05, 4.69) is 0 Å². The Kier molecular flexibility index (Phi) is 22.1. The SMILES string of the molecule is CC.CC(C)C(=O)CCOCC(COCCC(=O)C(C)C)(COCCC(=O)C(C)C)N(C)C(=O)CC(C)(C)OCC(C)(C)N. The van der Waals surface area contributed by atoms with Gasteiger partial charge in [-0.1, -0.05) is 55.4 Å². The number of likely N-dealkylation sites (N-methyl/N-ethyl adjacent to an activating group) is 1. The molecular weight excluding hydrogens is 564 g/mol. The van der Waals surface area contributed by atoms with Crippen LogP contribution in [0.25, 0.3) is 0 Å². The van der Waals surface area contributed by atoms with Crippen molar-refractivity contribution >= 4 is 23.3 Å². The lowest BCUT2D eigenvalue weighted by Crippen LogP contribution is -2.60. The van der Waals surface area contributed by atoms with Gasteiger partial charge in [-0.15, -0.1) is 0 Å². The minimum absolute atomic E-state index is 0.0357. The number of rotatable bonds is 24. The summed E-state index contributed by atoms with van der Waals surface area (Å²) in [5.41, 5.74) is 3.65. The van der Waals surface area contributed by atoms with Crippen molar-refractivity contribution in [1.82, 2.24) is 4.90 Å². The van der Waals surface area contributed by atoms with Crippen molar-refractivity contribution in [2.45, 2.75) is 125 Å². The van der Waals surface area contributed by atoms with Gasteiger partial charge in [0.25, 0.3) is 0 Å². The van der Waals surface area contributed by atoms with Crippen LogP contribution in [0.15, 0.2) is 0 Å². The number of Topliss-reactive ketones (excluding diaryl/α,β-unsaturated/α-hetero) is 3. The summed E-state index contributed by atoms with van der Waals surface area (Å²) in [5, 5.41) is 0. The van der Waals surface area contributed by atoms with Gasteiger partial charge in [-0.3, -0.25) is 19.2 Å². The lowest BCUT2D eigenvalue weighted by Gasteiger charge is -2.42. The molecule has 0 radical (unpaired) electrons. The van der Waals surface area contributed by atoms with Crippen molar-refractivity contribution in [1.29, 1.82) is 0 Å². The summed E-state index contributed by atoms with van der Waals surface area (Å²) in [5.74, 6) is -0.290. The van der Waals surface area contributed by atoms with E-state index in [4.69, 9.17) is 24.7 Å². The zero-order valence-electron chi connectivity index (χ0n) is 30.3. The lowest BCUT2D eigenvalue weighted by molar-refractivity contribution is -0.156. The molecule has 0 aliphatic heterocycles. The Morgan fingerprint density at radius 3 is 1.23 bits per heavy atom. The van der Waals surface area contributed by atoms with Gasteiger partial charge in [0.2, 0.25) is 5.91 Å². The second-order valence-corrected chi connectivity index (χ2v) is 13.7. The number of ether oxygens (including phenoxy) is 4. The molecule has 0 fully saturated rings. The van der Waals surface area contributed by atoms with Crippen molar-refractivity contribution in [3.8, 4) is 0 Å². The number of carbonyl (C=O) groups excluding carboxylic acids is 4. The van der Waals surface area contributed by atoms with Crippen LogP contribution >= 0.6 is 0 Å². The molecular formula is C34H66N2O8. The second-order valence-electron chi connectivity index (χ2n) is 13.7. The van der Waals surface area contributed by atoms with Gasteiger partial charge in [-0.05, 0) is 27.7 Å². The smallest absolute Gasteiger partial charge is 0.225 e. The predicted molar refractivity (Wildman–Crippen MR) is 176 cm³/mol. The van der Waals surface area contributed by atoms with E-state index in [1.54, 1.807) is 11.9 Å². The quantitative estimate of drug-likeness (QED) is 0.146. The standard InChI is InChI=1S/C32H60N2O8.C2H6/c1-23(2)26(35)12-15-39-20-32(21-40-16-13-27(36)24(3)4,22-41-17-14-28(37)25(5)6)34(11)29(38)18-31(9,10)42-19-30(7,8)33;1-2/h23-25H,12-22,33H2,1-11H3;1-2H3. The maximum Gasteiger partial charge on any atom is 0.225 e. The Labute approximate surface area is 268 Å². The van der Waals surface area contributed by atoms with Crippen LogP contribution in [-0.4, -0.2) is 98.1 Å². The van der Waals surface area contributed by atoms with Crippen LogP contribution in [0.1, 0.15) is 109 Å². The summed E-state index contributed by atoms with van der Waals surface area (Å²) < 4.78 is 24.0. The van der Waals surface area contributed by atoms with E-state index in [-0.39, 0.29) is 113 Å². The molecule has 0 bridgehead atoms. The van der Waals surface area contributed by atoms with Crippen LogP contribution in [0, 0.1) is 17.8 Å². The Morgan fingerprint density at radius 2 is 0.955 bits per heavy atom. The molecule has 10 heteroatoms. The topological polar surface area (TPSA) is 134 Å². The van der Waals surface area contributed by atoms with E-state index in [0.717, 1.165) is 0 Å². The molecule has 0 atom stereocenters.